The largest absolute Gasteiger partial charge is 0.466 e. The summed E-state index contributed by atoms with van der Waals surface area (Å²) in [5.41, 5.74) is -0.303. The molecule has 0 bridgehead atoms. The molecule has 0 fully saturated rings. The normalized spacial score (nSPS) is 12.9. The minimum absolute atomic E-state index is 0.103. The highest BCUT2D eigenvalue weighted by Crippen LogP contribution is 2.32. The van der Waals surface area contributed by atoms with E-state index in [0.29, 0.717) is 17.2 Å². The molecule has 7 heteroatoms. The molecule has 1 rings (SSSR count). The SMILES string of the molecule is C=C(/C=C(\C=C(/F)CCC(=O)OCC)c1c(C)cc(F)cc1C)C(F)(F)F. The van der Waals surface area contributed by atoms with Crippen LogP contribution in [0.3, 0.4) is 0 Å². The van der Waals surface area contributed by atoms with E-state index in [1.807, 2.05) is 0 Å². The third kappa shape index (κ3) is 7.00. The van der Waals surface area contributed by atoms with E-state index in [0.717, 1.165) is 18.2 Å². The van der Waals surface area contributed by atoms with Crippen LogP contribution < -0.4 is 0 Å². The standard InChI is InChI=1S/C20H21F5O2/c1-5-27-18(26)7-6-16(21)11-15(10-14(4)20(23,24)25)19-12(2)8-17(22)9-13(19)3/h8-11H,4-7H2,1-3H3/b15-10+,16-11-. The Kier molecular flexibility index (Phi) is 7.94. The van der Waals surface area contributed by atoms with Crippen LogP contribution >= 0.6 is 0 Å². The average Bonchev–Trinajstić information content (AvgIpc) is 2.51. The lowest BCUT2D eigenvalue weighted by atomic mass is 9.93. The van der Waals surface area contributed by atoms with Crippen molar-refractivity contribution in [3.05, 3.63) is 64.8 Å². The molecular formula is C20H21F5O2. The lowest BCUT2D eigenvalue weighted by Crippen LogP contribution is -2.09. The molecule has 0 N–H and O–H groups in total. The zero-order valence-corrected chi connectivity index (χ0v) is 15.3. The molecule has 1 aromatic rings. The predicted octanol–water partition coefficient (Wildman–Crippen LogP) is 6.14. The van der Waals surface area contributed by atoms with Crippen molar-refractivity contribution in [3.8, 4) is 0 Å². The number of alkyl halides is 3. The van der Waals surface area contributed by atoms with Crippen LogP contribution in [0.15, 0.2) is 42.3 Å². The Labute approximate surface area is 155 Å². The van der Waals surface area contributed by atoms with Crippen molar-refractivity contribution >= 4 is 11.5 Å². The first-order valence-corrected chi connectivity index (χ1v) is 8.22. The van der Waals surface area contributed by atoms with Crippen LogP contribution in [-0.2, 0) is 9.53 Å². The van der Waals surface area contributed by atoms with E-state index in [9.17, 15) is 26.7 Å². The van der Waals surface area contributed by atoms with Gasteiger partial charge in [0.05, 0.1) is 13.0 Å². The smallest absolute Gasteiger partial charge is 0.415 e. The molecule has 0 spiro atoms. The molecule has 27 heavy (non-hydrogen) atoms. The fraction of sp³-hybridized carbons (Fsp3) is 0.350. The quantitative estimate of drug-likeness (QED) is 0.319. The molecule has 0 aliphatic rings. The van der Waals surface area contributed by atoms with E-state index in [1.165, 1.54) is 13.8 Å². The maximum atomic E-state index is 14.3. The van der Waals surface area contributed by atoms with Gasteiger partial charge in [0, 0.05) is 12.0 Å². The Morgan fingerprint density at radius 3 is 2.19 bits per heavy atom. The van der Waals surface area contributed by atoms with Gasteiger partial charge in [-0.25, -0.2) is 8.78 Å². The van der Waals surface area contributed by atoms with Gasteiger partial charge in [0.15, 0.2) is 0 Å². The number of hydrogen-bond acceptors (Lipinski definition) is 2. The Morgan fingerprint density at radius 2 is 1.70 bits per heavy atom. The molecule has 0 amide bonds. The summed E-state index contributed by atoms with van der Waals surface area (Å²) in [7, 11) is 0. The van der Waals surface area contributed by atoms with E-state index in [1.54, 1.807) is 6.92 Å². The topological polar surface area (TPSA) is 26.3 Å². The number of hydrogen-bond donors (Lipinski definition) is 0. The third-order valence-corrected chi connectivity index (χ3v) is 3.67. The zero-order chi connectivity index (χ0) is 20.8. The number of carbonyl (C=O) groups excluding carboxylic acids is 1. The molecule has 0 heterocycles. The van der Waals surface area contributed by atoms with Gasteiger partial charge >= 0.3 is 12.1 Å². The summed E-state index contributed by atoms with van der Waals surface area (Å²) in [6.07, 6.45) is -3.65. The second-order valence-corrected chi connectivity index (χ2v) is 5.93. The van der Waals surface area contributed by atoms with Crippen LogP contribution in [0, 0.1) is 19.7 Å². The number of aryl methyl sites for hydroxylation is 2. The second kappa shape index (κ2) is 9.48. The van der Waals surface area contributed by atoms with Crippen molar-refractivity contribution in [3.63, 3.8) is 0 Å². The number of rotatable bonds is 7. The highest BCUT2D eigenvalue weighted by molar-refractivity contribution is 5.80. The molecular weight excluding hydrogens is 367 g/mol. The molecule has 1 aromatic carbocycles. The minimum Gasteiger partial charge on any atom is -0.466 e. The van der Waals surface area contributed by atoms with E-state index < -0.39 is 29.4 Å². The lowest BCUT2D eigenvalue weighted by molar-refractivity contribution is -0.143. The summed E-state index contributed by atoms with van der Waals surface area (Å²) in [6, 6.07) is 2.30. The summed E-state index contributed by atoms with van der Waals surface area (Å²) < 4.78 is 71.1. The Morgan fingerprint density at radius 1 is 1.15 bits per heavy atom. The summed E-state index contributed by atoms with van der Waals surface area (Å²) in [4.78, 5) is 11.3. The van der Waals surface area contributed by atoms with Crippen molar-refractivity contribution in [2.45, 2.75) is 39.8 Å². The van der Waals surface area contributed by atoms with Gasteiger partial charge in [-0.05, 0) is 67.3 Å². The summed E-state index contributed by atoms with van der Waals surface area (Å²) >= 11 is 0. The van der Waals surface area contributed by atoms with Crippen molar-refractivity contribution in [2.75, 3.05) is 6.61 Å². The second-order valence-electron chi connectivity index (χ2n) is 5.93. The van der Waals surface area contributed by atoms with Crippen LogP contribution in [0.1, 0.15) is 36.5 Å². The van der Waals surface area contributed by atoms with Crippen molar-refractivity contribution in [1.29, 1.82) is 0 Å². The number of halogens is 5. The molecule has 0 aromatic heterocycles. The van der Waals surface area contributed by atoms with Gasteiger partial charge in [0.2, 0.25) is 0 Å². The van der Waals surface area contributed by atoms with Crippen LogP contribution in [0.4, 0.5) is 22.0 Å². The van der Waals surface area contributed by atoms with Gasteiger partial charge in [-0.2, -0.15) is 13.2 Å². The van der Waals surface area contributed by atoms with Crippen molar-refractivity contribution < 1.29 is 31.5 Å². The first kappa shape index (κ1) is 22.6. The first-order valence-electron chi connectivity index (χ1n) is 8.22. The number of ether oxygens (including phenoxy) is 1. The molecule has 0 saturated carbocycles. The van der Waals surface area contributed by atoms with Crippen molar-refractivity contribution in [1.82, 2.24) is 0 Å². The molecule has 0 atom stereocenters. The van der Waals surface area contributed by atoms with Gasteiger partial charge in [0.1, 0.15) is 11.6 Å². The molecule has 148 valence electrons. The van der Waals surface area contributed by atoms with Crippen LogP contribution in [0.5, 0.6) is 0 Å². The average molecular weight is 388 g/mol. The monoisotopic (exact) mass is 388 g/mol. The number of benzene rings is 1. The molecule has 0 saturated heterocycles. The number of carbonyl (C=O) groups is 1. The van der Waals surface area contributed by atoms with Gasteiger partial charge < -0.3 is 4.74 Å². The Balaban J connectivity index is 3.32. The Hall–Kier alpha value is -2.44. The highest BCUT2D eigenvalue weighted by atomic mass is 19.4. The van der Waals surface area contributed by atoms with Crippen LogP contribution in [0.2, 0.25) is 0 Å². The molecule has 0 unspecified atom stereocenters. The summed E-state index contributed by atoms with van der Waals surface area (Å²) in [5.74, 6) is -1.96. The van der Waals surface area contributed by atoms with Crippen molar-refractivity contribution in [2.24, 2.45) is 0 Å². The molecule has 0 aliphatic carbocycles. The maximum Gasteiger partial charge on any atom is 0.415 e. The van der Waals surface area contributed by atoms with E-state index in [4.69, 9.17) is 4.74 Å². The summed E-state index contributed by atoms with van der Waals surface area (Å²) in [6.45, 7) is 7.75. The van der Waals surface area contributed by atoms with E-state index in [2.05, 4.69) is 6.58 Å². The fourth-order valence-electron chi connectivity index (χ4n) is 2.52. The number of allylic oxidation sites excluding steroid dienone is 5. The lowest BCUT2D eigenvalue weighted by Gasteiger charge is -2.14. The van der Waals surface area contributed by atoms with Gasteiger partial charge in [0.25, 0.3) is 0 Å². The predicted molar refractivity (Wildman–Crippen MR) is 94.1 cm³/mol. The fourth-order valence-corrected chi connectivity index (χ4v) is 2.52. The van der Waals surface area contributed by atoms with Crippen LogP contribution in [0.25, 0.3) is 5.57 Å². The first-order chi connectivity index (χ1) is 12.5. The summed E-state index contributed by atoms with van der Waals surface area (Å²) in [5, 5.41) is 0. The Bertz CT molecular complexity index is 750. The van der Waals surface area contributed by atoms with E-state index >= 15 is 0 Å². The molecule has 2 nitrogen and oxygen atoms in total. The highest BCUT2D eigenvalue weighted by Gasteiger charge is 2.30. The van der Waals surface area contributed by atoms with Gasteiger partial charge in [-0.1, -0.05) is 6.58 Å². The number of esters is 1. The van der Waals surface area contributed by atoms with Crippen LogP contribution in [-0.4, -0.2) is 18.8 Å². The minimum atomic E-state index is -4.69. The van der Waals surface area contributed by atoms with Gasteiger partial charge in [-0.3, -0.25) is 4.79 Å². The zero-order valence-electron chi connectivity index (χ0n) is 15.3. The van der Waals surface area contributed by atoms with Gasteiger partial charge in [-0.15, -0.1) is 0 Å². The molecule has 0 aliphatic heterocycles. The van der Waals surface area contributed by atoms with E-state index in [-0.39, 0.29) is 30.6 Å². The third-order valence-electron chi connectivity index (χ3n) is 3.67. The maximum absolute atomic E-state index is 14.3. The molecule has 0 radical (unpaired) electrons.